The molecule has 0 amide bonds. The van der Waals surface area contributed by atoms with Crippen LogP contribution in [0.25, 0.3) is 0 Å². The van der Waals surface area contributed by atoms with Gasteiger partial charge < -0.3 is 4.74 Å². The second-order valence-electron chi connectivity index (χ2n) is 2.50. The molecule has 0 saturated heterocycles. The average Bonchev–Trinajstić information content (AvgIpc) is 2.22. The van der Waals surface area contributed by atoms with Crippen molar-refractivity contribution in [2.75, 3.05) is 6.61 Å². The summed E-state index contributed by atoms with van der Waals surface area (Å²) in [5, 5.41) is 0. The van der Waals surface area contributed by atoms with Crippen LogP contribution >= 0.6 is 0 Å². The number of carbonyl (C=O) groups is 1. The highest BCUT2D eigenvalue weighted by molar-refractivity contribution is 5.99. The Morgan fingerprint density at radius 2 is 2.07 bits per heavy atom. The van der Waals surface area contributed by atoms with Crippen molar-refractivity contribution in [1.29, 1.82) is 0 Å². The van der Waals surface area contributed by atoms with E-state index in [0.717, 1.165) is 0 Å². The third-order valence-electron chi connectivity index (χ3n) is 1.67. The van der Waals surface area contributed by atoms with Crippen LogP contribution in [0.15, 0.2) is 36.1 Å². The van der Waals surface area contributed by atoms with Crippen molar-refractivity contribution in [3.63, 3.8) is 0 Å². The maximum atomic E-state index is 11.3. The van der Waals surface area contributed by atoms with Crippen molar-refractivity contribution in [2.45, 2.75) is 27.2 Å². The second-order valence-corrected chi connectivity index (χ2v) is 2.50. The molecular weight excluding hydrogens is 176 g/mol. The molecule has 0 atom stereocenters. The zero-order valence-electron chi connectivity index (χ0n) is 9.17. The second kappa shape index (κ2) is 7.13. The van der Waals surface area contributed by atoms with Gasteiger partial charge >= 0.3 is 0 Å². The smallest absolute Gasteiger partial charge is 0.169 e. The molecule has 1 rings (SSSR count). The first-order valence-corrected chi connectivity index (χ1v) is 4.95. The lowest BCUT2D eigenvalue weighted by atomic mass is 10.1. The molecule has 0 unspecified atom stereocenters. The van der Waals surface area contributed by atoms with Gasteiger partial charge in [-0.2, -0.15) is 0 Å². The maximum absolute atomic E-state index is 11.3. The first-order chi connectivity index (χ1) is 6.79. The van der Waals surface area contributed by atoms with Crippen LogP contribution in [-0.4, -0.2) is 12.4 Å². The van der Waals surface area contributed by atoms with E-state index in [2.05, 4.69) is 6.58 Å². The Morgan fingerprint density at radius 1 is 1.43 bits per heavy atom. The molecule has 2 nitrogen and oxygen atoms in total. The molecule has 0 aliphatic carbocycles. The number of rotatable bonds is 2. The molecule has 0 aromatic heterocycles. The quantitative estimate of drug-likeness (QED) is 0.675. The van der Waals surface area contributed by atoms with Crippen LogP contribution in [0.4, 0.5) is 0 Å². The van der Waals surface area contributed by atoms with Gasteiger partial charge in [-0.05, 0) is 13.0 Å². The van der Waals surface area contributed by atoms with E-state index in [-0.39, 0.29) is 5.78 Å². The normalized spacial score (nSPS) is 16.1. The summed E-state index contributed by atoms with van der Waals surface area (Å²) >= 11 is 0. The highest BCUT2D eigenvalue weighted by atomic mass is 16.5. The zero-order chi connectivity index (χ0) is 11.0. The highest BCUT2D eigenvalue weighted by Crippen LogP contribution is 2.17. The van der Waals surface area contributed by atoms with Gasteiger partial charge in [0.1, 0.15) is 5.76 Å². The summed E-state index contributed by atoms with van der Waals surface area (Å²) in [4.78, 5) is 11.3. The molecule has 0 fully saturated rings. The summed E-state index contributed by atoms with van der Waals surface area (Å²) in [6, 6.07) is 0. The lowest BCUT2D eigenvalue weighted by Crippen LogP contribution is -2.14. The molecule has 78 valence electrons. The SMILES string of the molecule is C=CC1=C(/C=C\C)OCCC1=O.CC. The first-order valence-electron chi connectivity index (χ1n) is 4.95. The molecule has 14 heavy (non-hydrogen) atoms. The molecule has 0 aromatic carbocycles. The molecule has 0 radical (unpaired) electrons. The number of hydrogen-bond acceptors (Lipinski definition) is 2. The average molecular weight is 194 g/mol. The van der Waals surface area contributed by atoms with Crippen molar-refractivity contribution in [1.82, 2.24) is 0 Å². The van der Waals surface area contributed by atoms with Crippen molar-refractivity contribution >= 4 is 5.78 Å². The van der Waals surface area contributed by atoms with Gasteiger partial charge in [0.05, 0.1) is 12.2 Å². The predicted octanol–water partition coefficient (Wildman–Crippen LogP) is 3.02. The largest absolute Gasteiger partial charge is 0.492 e. The Bertz CT molecular complexity index is 259. The minimum atomic E-state index is 0.115. The summed E-state index contributed by atoms with van der Waals surface area (Å²) in [5.41, 5.74) is 0.597. The van der Waals surface area contributed by atoms with Gasteiger partial charge in [0.25, 0.3) is 0 Å². The number of Topliss-reactive ketones (excluding diaryl/α,β-unsaturated/α-hetero) is 1. The Morgan fingerprint density at radius 3 is 2.57 bits per heavy atom. The van der Waals surface area contributed by atoms with E-state index in [0.29, 0.717) is 24.4 Å². The number of ether oxygens (including phenoxy) is 1. The highest BCUT2D eigenvalue weighted by Gasteiger charge is 2.16. The van der Waals surface area contributed by atoms with Crippen LogP contribution < -0.4 is 0 Å². The Kier molecular flexibility index (Phi) is 6.46. The first kappa shape index (κ1) is 12.7. The minimum absolute atomic E-state index is 0.115. The van der Waals surface area contributed by atoms with E-state index in [1.165, 1.54) is 0 Å². The van der Waals surface area contributed by atoms with Gasteiger partial charge in [-0.15, -0.1) is 0 Å². The van der Waals surface area contributed by atoms with Gasteiger partial charge in [-0.25, -0.2) is 0 Å². The van der Waals surface area contributed by atoms with E-state index < -0.39 is 0 Å². The molecule has 2 heteroatoms. The summed E-state index contributed by atoms with van der Waals surface area (Å²) in [6.07, 6.45) is 5.64. The maximum Gasteiger partial charge on any atom is 0.169 e. The van der Waals surface area contributed by atoms with Crippen molar-refractivity contribution in [3.8, 4) is 0 Å². The van der Waals surface area contributed by atoms with Crippen LogP contribution in [0.5, 0.6) is 0 Å². The minimum Gasteiger partial charge on any atom is -0.492 e. The van der Waals surface area contributed by atoms with Crippen molar-refractivity contribution < 1.29 is 9.53 Å². The number of hydrogen-bond donors (Lipinski definition) is 0. The van der Waals surface area contributed by atoms with Gasteiger partial charge in [-0.3, -0.25) is 4.79 Å². The van der Waals surface area contributed by atoms with Crippen molar-refractivity contribution in [3.05, 3.63) is 36.1 Å². The van der Waals surface area contributed by atoms with E-state index in [1.807, 2.05) is 26.8 Å². The number of ketones is 1. The van der Waals surface area contributed by atoms with Gasteiger partial charge in [0.15, 0.2) is 5.78 Å². The molecule has 0 spiro atoms. The van der Waals surface area contributed by atoms with Crippen LogP contribution in [0.1, 0.15) is 27.2 Å². The van der Waals surface area contributed by atoms with Crippen LogP contribution in [0, 0.1) is 0 Å². The Hall–Kier alpha value is -1.31. The van der Waals surface area contributed by atoms with E-state index in [1.54, 1.807) is 12.2 Å². The van der Waals surface area contributed by atoms with Crippen molar-refractivity contribution in [2.24, 2.45) is 0 Å². The molecule has 0 aromatic rings. The van der Waals surface area contributed by atoms with Crippen LogP contribution in [0.2, 0.25) is 0 Å². The number of allylic oxidation sites excluding steroid dienone is 4. The molecular formula is C12H18O2. The predicted molar refractivity (Wildman–Crippen MR) is 59.0 cm³/mol. The Balaban J connectivity index is 0.000000791. The zero-order valence-corrected chi connectivity index (χ0v) is 9.17. The molecule has 1 aliphatic heterocycles. The monoisotopic (exact) mass is 194 g/mol. The summed E-state index contributed by atoms with van der Waals surface area (Å²) < 4.78 is 5.29. The Labute approximate surface area is 86.0 Å². The third kappa shape index (κ3) is 3.21. The standard InChI is InChI=1S/C10H12O2.C2H6/c1-3-5-10-8(4-2)9(11)6-7-12-10;1-2/h3-5H,2,6-7H2,1H3;1-2H3/b5-3-;. The fourth-order valence-electron chi connectivity index (χ4n) is 1.11. The number of carbonyl (C=O) groups excluding carboxylic acids is 1. The van der Waals surface area contributed by atoms with E-state index in [9.17, 15) is 4.79 Å². The summed E-state index contributed by atoms with van der Waals surface area (Å²) in [7, 11) is 0. The lowest BCUT2D eigenvalue weighted by Gasteiger charge is -2.15. The van der Waals surface area contributed by atoms with Gasteiger partial charge in [0, 0.05) is 6.42 Å². The van der Waals surface area contributed by atoms with Gasteiger partial charge in [0.2, 0.25) is 0 Å². The molecule has 0 saturated carbocycles. The van der Waals surface area contributed by atoms with Gasteiger partial charge in [-0.1, -0.05) is 32.6 Å². The summed E-state index contributed by atoms with van der Waals surface area (Å²) in [5.74, 6) is 0.758. The fraction of sp³-hybridized carbons (Fsp3) is 0.417. The molecule has 1 aliphatic rings. The van der Waals surface area contributed by atoms with E-state index >= 15 is 0 Å². The topological polar surface area (TPSA) is 26.3 Å². The molecule has 1 heterocycles. The van der Waals surface area contributed by atoms with Crippen LogP contribution in [0.3, 0.4) is 0 Å². The van der Waals surface area contributed by atoms with E-state index in [4.69, 9.17) is 4.74 Å². The summed E-state index contributed by atoms with van der Waals surface area (Å²) in [6.45, 7) is 9.94. The molecule has 0 bridgehead atoms. The third-order valence-corrected chi connectivity index (χ3v) is 1.67. The lowest BCUT2D eigenvalue weighted by molar-refractivity contribution is -0.117. The fourth-order valence-corrected chi connectivity index (χ4v) is 1.11. The van der Waals surface area contributed by atoms with Crippen LogP contribution in [-0.2, 0) is 9.53 Å². The molecule has 0 N–H and O–H groups in total.